The molecule has 0 atom stereocenters. The van der Waals surface area contributed by atoms with Crippen LogP contribution in [0.25, 0.3) is 0 Å². The Morgan fingerprint density at radius 2 is 1.96 bits per heavy atom. The number of carbonyl (C=O) groups excluding carboxylic acids is 1. The van der Waals surface area contributed by atoms with E-state index in [-0.39, 0.29) is 16.7 Å². The summed E-state index contributed by atoms with van der Waals surface area (Å²) in [5.41, 5.74) is 6.56. The second kappa shape index (κ2) is 7.28. The van der Waals surface area contributed by atoms with Gasteiger partial charge in [-0.3, -0.25) is 4.79 Å². The molecule has 0 bridgehead atoms. The van der Waals surface area contributed by atoms with Crippen molar-refractivity contribution in [3.8, 4) is 0 Å². The molecule has 1 aromatic heterocycles. The van der Waals surface area contributed by atoms with Crippen molar-refractivity contribution in [3.63, 3.8) is 0 Å². The van der Waals surface area contributed by atoms with Crippen LogP contribution in [0.1, 0.15) is 24.3 Å². The number of hydrogen-bond donors (Lipinski definition) is 2. The summed E-state index contributed by atoms with van der Waals surface area (Å²) < 4.78 is 0. The van der Waals surface area contributed by atoms with Gasteiger partial charge in [0.1, 0.15) is 0 Å². The van der Waals surface area contributed by atoms with Crippen molar-refractivity contribution in [1.29, 1.82) is 0 Å². The minimum Gasteiger partial charge on any atom is -0.382 e. The van der Waals surface area contributed by atoms with E-state index < -0.39 is 5.91 Å². The number of nitrogen functional groups attached to an aromatic ring is 1. The van der Waals surface area contributed by atoms with Crippen LogP contribution in [0.5, 0.6) is 0 Å². The van der Waals surface area contributed by atoms with Crippen LogP contribution in [0.3, 0.4) is 0 Å². The third kappa shape index (κ3) is 4.32. The smallest absolute Gasteiger partial charge is 0.278 e. The fraction of sp³-hybridized carbons (Fsp3) is 0.312. The first-order valence-electron chi connectivity index (χ1n) is 7.29. The maximum atomic E-state index is 12.3. The lowest BCUT2D eigenvalue weighted by molar-refractivity contribution is 0.102. The minimum absolute atomic E-state index is 0.0144. The van der Waals surface area contributed by atoms with E-state index in [9.17, 15) is 4.79 Å². The van der Waals surface area contributed by atoms with E-state index in [2.05, 4.69) is 29.1 Å². The van der Waals surface area contributed by atoms with Gasteiger partial charge in [0.05, 0.1) is 0 Å². The Morgan fingerprint density at radius 3 is 2.57 bits per heavy atom. The van der Waals surface area contributed by atoms with Crippen molar-refractivity contribution in [2.45, 2.75) is 13.8 Å². The summed E-state index contributed by atoms with van der Waals surface area (Å²) in [6.45, 7) is 4.93. The molecule has 7 heteroatoms. The van der Waals surface area contributed by atoms with E-state index in [1.54, 1.807) is 12.1 Å². The number of para-hydroxylation sites is 1. The summed E-state index contributed by atoms with van der Waals surface area (Å²) in [5.74, 6) is 0.504. The van der Waals surface area contributed by atoms with Gasteiger partial charge in [-0.2, -0.15) is 0 Å². The van der Waals surface area contributed by atoms with E-state index in [0.717, 1.165) is 6.54 Å². The number of nitrogens with two attached hydrogens (primary N) is 1. The number of aromatic nitrogens is 2. The number of rotatable bonds is 5. The summed E-state index contributed by atoms with van der Waals surface area (Å²) in [7, 11) is 1.86. The molecule has 1 aromatic carbocycles. The molecule has 2 rings (SSSR count). The van der Waals surface area contributed by atoms with E-state index in [0.29, 0.717) is 17.4 Å². The second-order valence-electron chi connectivity index (χ2n) is 5.67. The van der Waals surface area contributed by atoms with Crippen LogP contribution >= 0.6 is 11.6 Å². The van der Waals surface area contributed by atoms with Gasteiger partial charge in [0.25, 0.3) is 5.91 Å². The van der Waals surface area contributed by atoms with Crippen LogP contribution < -0.4 is 16.0 Å². The number of carbonyl (C=O) groups is 1. The maximum absolute atomic E-state index is 12.3. The Kier molecular flexibility index (Phi) is 5.39. The fourth-order valence-electron chi connectivity index (χ4n) is 2.17. The molecule has 0 spiro atoms. The molecule has 0 radical (unpaired) electrons. The molecule has 0 fully saturated rings. The zero-order valence-electron chi connectivity index (χ0n) is 13.4. The molecule has 0 saturated heterocycles. The molecular formula is C16H20ClN5O. The van der Waals surface area contributed by atoms with Crippen LogP contribution in [-0.4, -0.2) is 29.5 Å². The van der Waals surface area contributed by atoms with Gasteiger partial charge in [0.2, 0.25) is 0 Å². The zero-order valence-corrected chi connectivity index (χ0v) is 14.1. The molecule has 0 aliphatic heterocycles. The summed E-state index contributed by atoms with van der Waals surface area (Å²) in [4.78, 5) is 22.5. The largest absolute Gasteiger partial charge is 0.382 e. The SMILES string of the molecule is CC(C)CN(C)c1nc(N)c(C(=O)Nc2ccccc2)nc1Cl. The molecule has 0 unspecified atom stereocenters. The van der Waals surface area contributed by atoms with Crippen LogP contribution in [0.15, 0.2) is 30.3 Å². The molecule has 0 aliphatic rings. The molecule has 122 valence electrons. The maximum Gasteiger partial charge on any atom is 0.278 e. The quantitative estimate of drug-likeness (QED) is 0.878. The second-order valence-corrected chi connectivity index (χ2v) is 6.02. The third-order valence-corrected chi connectivity index (χ3v) is 3.36. The Labute approximate surface area is 140 Å². The molecule has 0 saturated carbocycles. The van der Waals surface area contributed by atoms with Crippen molar-refractivity contribution in [1.82, 2.24) is 9.97 Å². The first-order valence-corrected chi connectivity index (χ1v) is 7.66. The molecule has 0 aliphatic carbocycles. The van der Waals surface area contributed by atoms with Gasteiger partial charge < -0.3 is 16.0 Å². The number of nitrogens with zero attached hydrogens (tertiary/aromatic N) is 3. The van der Waals surface area contributed by atoms with Crippen molar-refractivity contribution in [2.24, 2.45) is 5.92 Å². The number of hydrogen-bond acceptors (Lipinski definition) is 5. The minimum atomic E-state index is -0.443. The van der Waals surface area contributed by atoms with Crippen LogP contribution in [0.4, 0.5) is 17.3 Å². The van der Waals surface area contributed by atoms with Gasteiger partial charge in [-0.1, -0.05) is 43.6 Å². The Bertz CT molecular complexity index is 690. The highest BCUT2D eigenvalue weighted by Gasteiger charge is 2.19. The van der Waals surface area contributed by atoms with E-state index in [4.69, 9.17) is 17.3 Å². The number of benzene rings is 1. The molecule has 1 heterocycles. The van der Waals surface area contributed by atoms with Crippen LogP contribution in [0, 0.1) is 5.92 Å². The van der Waals surface area contributed by atoms with Gasteiger partial charge in [-0.05, 0) is 18.1 Å². The lowest BCUT2D eigenvalue weighted by Gasteiger charge is -2.21. The van der Waals surface area contributed by atoms with Gasteiger partial charge in [0, 0.05) is 19.3 Å². The fourth-order valence-corrected chi connectivity index (χ4v) is 2.45. The van der Waals surface area contributed by atoms with E-state index in [1.165, 1.54) is 0 Å². The van der Waals surface area contributed by atoms with E-state index in [1.807, 2.05) is 30.1 Å². The summed E-state index contributed by atoms with van der Waals surface area (Å²) in [6, 6.07) is 9.05. The highest BCUT2D eigenvalue weighted by molar-refractivity contribution is 6.32. The van der Waals surface area contributed by atoms with Crippen LogP contribution in [-0.2, 0) is 0 Å². The Morgan fingerprint density at radius 1 is 1.30 bits per heavy atom. The van der Waals surface area contributed by atoms with Crippen molar-refractivity contribution in [2.75, 3.05) is 29.5 Å². The summed E-state index contributed by atoms with van der Waals surface area (Å²) in [6.07, 6.45) is 0. The number of amides is 1. The predicted octanol–water partition coefficient (Wildman–Crippen LogP) is 3.06. The number of nitrogens with one attached hydrogen (secondary N) is 1. The van der Waals surface area contributed by atoms with Gasteiger partial charge in [0.15, 0.2) is 22.5 Å². The Balaban J connectivity index is 2.24. The summed E-state index contributed by atoms with van der Waals surface area (Å²) in [5, 5.41) is 2.87. The molecular weight excluding hydrogens is 314 g/mol. The van der Waals surface area contributed by atoms with Crippen molar-refractivity contribution < 1.29 is 4.79 Å². The Hall–Kier alpha value is -2.34. The monoisotopic (exact) mass is 333 g/mol. The topological polar surface area (TPSA) is 84.1 Å². The first-order chi connectivity index (χ1) is 10.9. The van der Waals surface area contributed by atoms with Crippen molar-refractivity contribution >= 4 is 34.8 Å². The highest BCUT2D eigenvalue weighted by atomic mass is 35.5. The number of anilines is 3. The van der Waals surface area contributed by atoms with Gasteiger partial charge in [-0.15, -0.1) is 0 Å². The highest BCUT2D eigenvalue weighted by Crippen LogP contribution is 2.24. The molecule has 1 amide bonds. The molecule has 6 nitrogen and oxygen atoms in total. The summed E-state index contributed by atoms with van der Waals surface area (Å²) >= 11 is 6.18. The molecule has 23 heavy (non-hydrogen) atoms. The van der Waals surface area contributed by atoms with E-state index >= 15 is 0 Å². The lowest BCUT2D eigenvalue weighted by atomic mass is 10.2. The first kappa shape index (κ1) is 17.0. The zero-order chi connectivity index (χ0) is 17.0. The predicted molar refractivity (Wildman–Crippen MR) is 94.0 cm³/mol. The average molecular weight is 334 g/mol. The van der Waals surface area contributed by atoms with Gasteiger partial charge >= 0.3 is 0 Å². The standard InChI is InChI=1S/C16H20ClN5O/c1-10(2)9-22(3)15-13(17)20-12(14(18)21-15)16(23)19-11-7-5-4-6-8-11/h4-8,10H,9H2,1-3H3,(H2,18,21)(H,19,23). The van der Waals surface area contributed by atoms with Crippen LogP contribution in [0.2, 0.25) is 5.15 Å². The average Bonchev–Trinajstić information content (AvgIpc) is 2.49. The molecule has 3 N–H and O–H groups in total. The van der Waals surface area contributed by atoms with Gasteiger partial charge in [-0.25, -0.2) is 9.97 Å². The normalized spacial score (nSPS) is 10.7. The molecule has 2 aromatic rings. The van der Waals surface area contributed by atoms with Crippen molar-refractivity contribution in [3.05, 3.63) is 41.2 Å². The lowest BCUT2D eigenvalue weighted by Crippen LogP contribution is -2.26. The number of halogens is 1. The third-order valence-electron chi connectivity index (χ3n) is 3.11.